The molecule has 4 heterocycles. The van der Waals surface area contributed by atoms with Gasteiger partial charge in [-0.25, -0.2) is 4.99 Å². The number of hydrogen-bond acceptors (Lipinski definition) is 7. The minimum Gasteiger partial charge on any atom is -0.305 e. The molecule has 3 aliphatic heterocycles. The summed E-state index contributed by atoms with van der Waals surface area (Å²) in [6, 6.07) is 8.26. The Morgan fingerprint density at radius 3 is 2.92 bits per heavy atom. The van der Waals surface area contributed by atoms with Crippen LogP contribution in [0.3, 0.4) is 0 Å². The number of anilines is 1. The summed E-state index contributed by atoms with van der Waals surface area (Å²) in [5, 5.41) is 12.7. The van der Waals surface area contributed by atoms with Gasteiger partial charge in [0, 0.05) is 23.3 Å². The molecule has 1 fully saturated rings. The summed E-state index contributed by atoms with van der Waals surface area (Å²) < 4.78 is 1.66. The number of aliphatic imine (C=N–C) groups is 1. The van der Waals surface area contributed by atoms with Crippen LogP contribution in [0.5, 0.6) is 0 Å². The zero-order valence-corrected chi connectivity index (χ0v) is 14.1. The molecule has 0 atom stereocenters. The van der Waals surface area contributed by atoms with E-state index in [9.17, 15) is 0 Å². The lowest BCUT2D eigenvalue weighted by atomic mass is 10.1. The molecule has 1 aliphatic carbocycles. The maximum atomic E-state index is 6.29. The topological polar surface area (TPSA) is 56.0 Å². The molecule has 1 aromatic carbocycles. The minimum absolute atomic E-state index is 0.491. The SMILES string of the molecule is ClN1C=C2N(C1)c1ccccc1C1=NCN(n3cc(C4CC4)nn3)N21. The molecule has 9 heteroatoms. The van der Waals surface area contributed by atoms with E-state index in [1.54, 1.807) is 9.21 Å². The Hall–Kier alpha value is -2.74. The van der Waals surface area contributed by atoms with Crippen LogP contribution in [0.25, 0.3) is 0 Å². The number of benzene rings is 1. The van der Waals surface area contributed by atoms with Crippen molar-refractivity contribution in [2.24, 2.45) is 4.99 Å². The Kier molecular flexibility index (Phi) is 2.53. The van der Waals surface area contributed by atoms with E-state index >= 15 is 0 Å². The van der Waals surface area contributed by atoms with Crippen molar-refractivity contribution in [1.82, 2.24) is 24.5 Å². The molecule has 0 saturated heterocycles. The van der Waals surface area contributed by atoms with Crippen LogP contribution in [0.15, 0.2) is 47.5 Å². The van der Waals surface area contributed by atoms with E-state index in [2.05, 4.69) is 32.4 Å². The summed E-state index contributed by atoms with van der Waals surface area (Å²) in [6.07, 6.45) is 6.34. The number of para-hydroxylation sites is 1. The van der Waals surface area contributed by atoms with E-state index < -0.39 is 0 Å². The third-order valence-corrected chi connectivity index (χ3v) is 5.18. The lowest BCUT2D eigenvalue weighted by Crippen LogP contribution is -2.53. The summed E-state index contributed by atoms with van der Waals surface area (Å²) in [5.74, 6) is 2.45. The first-order valence-corrected chi connectivity index (χ1v) is 8.69. The molecule has 126 valence electrons. The van der Waals surface area contributed by atoms with E-state index in [4.69, 9.17) is 16.8 Å². The van der Waals surface area contributed by atoms with E-state index in [0.717, 1.165) is 28.6 Å². The van der Waals surface area contributed by atoms with Gasteiger partial charge in [-0.1, -0.05) is 12.1 Å². The molecule has 2 aromatic rings. The number of hydrogen-bond donors (Lipinski definition) is 0. The Bertz CT molecular complexity index is 930. The number of aromatic nitrogens is 3. The zero-order chi connectivity index (χ0) is 16.5. The Morgan fingerprint density at radius 1 is 1.16 bits per heavy atom. The molecule has 0 unspecified atom stereocenters. The molecule has 0 amide bonds. The first-order valence-electron chi connectivity index (χ1n) is 8.35. The van der Waals surface area contributed by atoms with Crippen LogP contribution in [0, 0.1) is 0 Å². The van der Waals surface area contributed by atoms with Crippen LogP contribution in [-0.4, -0.2) is 43.7 Å². The fourth-order valence-electron chi connectivity index (χ4n) is 3.61. The van der Waals surface area contributed by atoms with Gasteiger partial charge in [0.1, 0.15) is 6.67 Å². The van der Waals surface area contributed by atoms with E-state index in [0.29, 0.717) is 19.3 Å². The van der Waals surface area contributed by atoms with Gasteiger partial charge < -0.3 is 4.90 Å². The predicted molar refractivity (Wildman–Crippen MR) is 93.0 cm³/mol. The summed E-state index contributed by atoms with van der Waals surface area (Å²) in [6.45, 7) is 1.08. The fraction of sp³-hybridized carbons (Fsp3) is 0.312. The number of halogens is 1. The quantitative estimate of drug-likeness (QED) is 0.766. The van der Waals surface area contributed by atoms with Crippen molar-refractivity contribution in [2.75, 3.05) is 23.4 Å². The van der Waals surface area contributed by atoms with Gasteiger partial charge in [-0.2, -0.15) is 10.1 Å². The van der Waals surface area contributed by atoms with Gasteiger partial charge in [0.2, 0.25) is 0 Å². The smallest absolute Gasteiger partial charge is 0.162 e. The van der Waals surface area contributed by atoms with Crippen molar-refractivity contribution >= 4 is 23.3 Å². The highest BCUT2D eigenvalue weighted by Crippen LogP contribution is 2.40. The Labute approximate surface area is 149 Å². The molecular weight excluding hydrogens is 340 g/mol. The zero-order valence-electron chi connectivity index (χ0n) is 13.3. The van der Waals surface area contributed by atoms with Gasteiger partial charge in [0.05, 0.1) is 23.8 Å². The number of nitrogens with zero attached hydrogens (tertiary/aromatic N) is 8. The average Bonchev–Trinajstić information content (AvgIpc) is 3.05. The highest BCUT2D eigenvalue weighted by atomic mass is 35.5. The molecule has 25 heavy (non-hydrogen) atoms. The van der Waals surface area contributed by atoms with Crippen LogP contribution >= 0.6 is 11.8 Å². The standard InChI is InChI=1S/C16H15ClN8/c17-21-8-15-22(10-21)14-4-2-1-3-12(14)16-18-9-24(25(15)16)23-7-13(19-20-23)11-5-6-11/h1-4,7-8,11H,5-6,9-10H2. The number of fused-ring (bicyclic) bond motifs is 6. The van der Waals surface area contributed by atoms with Gasteiger partial charge in [-0.3, -0.25) is 4.42 Å². The van der Waals surface area contributed by atoms with Crippen molar-refractivity contribution in [3.63, 3.8) is 0 Å². The lowest BCUT2D eigenvalue weighted by molar-refractivity contribution is 0.346. The average molecular weight is 355 g/mol. The third kappa shape index (κ3) is 1.85. The van der Waals surface area contributed by atoms with Crippen molar-refractivity contribution in [1.29, 1.82) is 0 Å². The first-order chi connectivity index (χ1) is 12.3. The van der Waals surface area contributed by atoms with Crippen molar-refractivity contribution in [3.8, 4) is 0 Å². The maximum absolute atomic E-state index is 6.29. The van der Waals surface area contributed by atoms with Crippen LogP contribution in [-0.2, 0) is 0 Å². The monoisotopic (exact) mass is 354 g/mol. The molecule has 6 rings (SSSR count). The Balaban J connectivity index is 1.46. The molecule has 0 spiro atoms. The largest absolute Gasteiger partial charge is 0.305 e. The Morgan fingerprint density at radius 2 is 2.04 bits per heavy atom. The summed E-state index contributed by atoms with van der Waals surface area (Å²) in [4.78, 5) is 8.73. The molecule has 1 saturated carbocycles. The number of hydrazine groups is 1. The first kappa shape index (κ1) is 13.5. The van der Waals surface area contributed by atoms with E-state index in [1.807, 2.05) is 29.6 Å². The van der Waals surface area contributed by atoms with Gasteiger partial charge in [-0.15, -0.1) is 9.89 Å². The molecule has 8 nitrogen and oxygen atoms in total. The van der Waals surface area contributed by atoms with Crippen LogP contribution in [0.2, 0.25) is 0 Å². The number of rotatable bonds is 2. The van der Waals surface area contributed by atoms with Crippen LogP contribution < -0.4 is 10.0 Å². The summed E-state index contributed by atoms with van der Waals surface area (Å²) in [5.41, 5.74) is 3.27. The lowest BCUT2D eigenvalue weighted by Gasteiger charge is -2.39. The highest BCUT2D eigenvalue weighted by molar-refractivity contribution is 6.15. The van der Waals surface area contributed by atoms with Crippen LogP contribution in [0.1, 0.15) is 30.0 Å². The third-order valence-electron chi connectivity index (χ3n) is 4.97. The van der Waals surface area contributed by atoms with Gasteiger partial charge >= 0.3 is 0 Å². The molecule has 1 aromatic heterocycles. The van der Waals surface area contributed by atoms with Crippen molar-refractivity contribution < 1.29 is 0 Å². The summed E-state index contributed by atoms with van der Waals surface area (Å²) in [7, 11) is 0. The molecule has 0 N–H and O–H groups in total. The van der Waals surface area contributed by atoms with Gasteiger partial charge in [-0.05, 0) is 30.2 Å². The molecule has 0 radical (unpaired) electrons. The van der Waals surface area contributed by atoms with Gasteiger partial charge in [0.25, 0.3) is 0 Å². The second-order valence-electron chi connectivity index (χ2n) is 6.62. The normalized spacial score (nSPS) is 21.2. The van der Waals surface area contributed by atoms with E-state index in [1.165, 1.54) is 12.8 Å². The maximum Gasteiger partial charge on any atom is 0.162 e. The minimum atomic E-state index is 0.491. The second-order valence-corrected chi connectivity index (χ2v) is 7.05. The van der Waals surface area contributed by atoms with Gasteiger partial charge in [0.15, 0.2) is 18.3 Å². The summed E-state index contributed by atoms with van der Waals surface area (Å²) >= 11 is 6.29. The predicted octanol–water partition coefficient (Wildman–Crippen LogP) is 1.77. The molecular formula is C16H15ClN8. The molecule has 0 bridgehead atoms. The van der Waals surface area contributed by atoms with Crippen LogP contribution in [0.4, 0.5) is 5.69 Å². The van der Waals surface area contributed by atoms with E-state index in [-0.39, 0.29) is 0 Å². The fourth-order valence-corrected chi connectivity index (χ4v) is 3.80. The van der Waals surface area contributed by atoms with Crippen molar-refractivity contribution in [3.05, 3.63) is 53.7 Å². The molecule has 4 aliphatic rings. The number of amidine groups is 1. The highest BCUT2D eigenvalue weighted by Gasteiger charge is 2.42. The second kappa shape index (κ2) is 4.66. The van der Waals surface area contributed by atoms with Crippen molar-refractivity contribution in [2.45, 2.75) is 18.8 Å².